The van der Waals surface area contributed by atoms with E-state index >= 15 is 0 Å². The van der Waals surface area contributed by atoms with Crippen LogP contribution in [0.15, 0.2) is 42.5 Å². The molecule has 1 aromatic carbocycles. The van der Waals surface area contributed by atoms with Gasteiger partial charge in [0.1, 0.15) is 11.4 Å². The average Bonchev–Trinajstić information content (AvgIpc) is 2.70. The van der Waals surface area contributed by atoms with Crippen LogP contribution in [0.5, 0.6) is 11.6 Å². The maximum atomic E-state index is 12.8. The van der Waals surface area contributed by atoms with E-state index in [2.05, 4.69) is 10.4 Å². The van der Waals surface area contributed by atoms with E-state index in [1.807, 2.05) is 5.43 Å². The number of halogens is 3. The van der Waals surface area contributed by atoms with Crippen LogP contribution in [-0.4, -0.2) is 29.1 Å². The van der Waals surface area contributed by atoms with E-state index in [-0.39, 0.29) is 30.3 Å². The minimum atomic E-state index is -4.52. The summed E-state index contributed by atoms with van der Waals surface area (Å²) in [6.45, 7) is -0.0111. The van der Waals surface area contributed by atoms with E-state index < -0.39 is 29.3 Å². The molecule has 12 heteroatoms. The lowest BCUT2D eigenvalue weighted by Crippen LogP contribution is -2.48. The second-order valence-corrected chi connectivity index (χ2v) is 5.52. The number of ketones is 1. The van der Waals surface area contributed by atoms with Crippen molar-refractivity contribution in [1.82, 2.24) is 21.3 Å². The summed E-state index contributed by atoms with van der Waals surface area (Å²) in [6.07, 6.45) is -4.61. The number of nitrogens with two attached hydrogens (primary N) is 1. The number of pyridine rings is 1. The van der Waals surface area contributed by atoms with E-state index in [1.165, 1.54) is 30.3 Å². The first kappa shape index (κ1) is 21.8. The van der Waals surface area contributed by atoms with E-state index in [0.717, 1.165) is 12.1 Å². The molecule has 29 heavy (non-hydrogen) atoms. The molecule has 2 aromatic rings. The maximum absolute atomic E-state index is 12.8. The molecule has 1 aromatic heterocycles. The number of carbonyl (C=O) groups is 3. The number of benzene rings is 1. The molecule has 0 fully saturated rings. The monoisotopic (exact) mass is 411 g/mol. The Bertz CT molecular complexity index is 905. The van der Waals surface area contributed by atoms with Crippen molar-refractivity contribution in [2.45, 2.75) is 12.6 Å². The molecule has 0 radical (unpaired) electrons. The summed E-state index contributed by atoms with van der Waals surface area (Å²) >= 11 is 0. The number of hydrogen-bond acceptors (Lipinski definition) is 7. The van der Waals surface area contributed by atoms with Gasteiger partial charge >= 0.3 is 18.0 Å². The Kier molecular flexibility index (Phi) is 7.22. The molecule has 0 aliphatic carbocycles. The molecular weight excluding hydrogens is 395 g/mol. The summed E-state index contributed by atoms with van der Waals surface area (Å²) in [6, 6.07) is 8.50. The van der Waals surface area contributed by atoms with Gasteiger partial charge in [0.25, 0.3) is 0 Å². The Morgan fingerprint density at radius 2 is 1.79 bits per heavy atom. The number of hydrogen-bond donors (Lipinski definition) is 4. The summed E-state index contributed by atoms with van der Waals surface area (Å²) in [7, 11) is 0. The Labute approximate surface area is 162 Å². The van der Waals surface area contributed by atoms with Crippen LogP contribution in [0, 0.1) is 0 Å². The molecule has 5 N–H and O–H groups in total. The van der Waals surface area contributed by atoms with Crippen molar-refractivity contribution in [1.29, 1.82) is 0 Å². The fourth-order valence-corrected chi connectivity index (χ4v) is 2.05. The summed E-state index contributed by atoms with van der Waals surface area (Å²) in [4.78, 5) is 38.1. The van der Waals surface area contributed by atoms with Crippen LogP contribution in [0.1, 0.15) is 22.5 Å². The number of aromatic nitrogens is 1. The predicted octanol–water partition coefficient (Wildman–Crippen LogP) is 1.08. The van der Waals surface area contributed by atoms with Crippen molar-refractivity contribution in [3.63, 3.8) is 0 Å². The summed E-state index contributed by atoms with van der Waals surface area (Å²) < 4.78 is 43.6. The third-order valence-corrected chi connectivity index (χ3v) is 3.41. The maximum Gasteiger partial charge on any atom is 0.416 e. The normalized spacial score (nSPS) is 10.9. The van der Waals surface area contributed by atoms with Crippen LogP contribution < -0.4 is 26.9 Å². The number of nitrogens with zero attached hydrogens (tertiary/aromatic N) is 1. The molecule has 0 saturated heterocycles. The largest absolute Gasteiger partial charge is 0.439 e. The van der Waals surface area contributed by atoms with Gasteiger partial charge in [-0.2, -0.15) is 13.2 Å². The Balaban J connectivity index is 1.94. The molecule has 0 bridgehead atoms. The number of carbonyl (C=O) groups excluding carboxylic acids is 3. The molecular formula is C17H16F3N5O4. The molecule has 0 atom stereocenters. The van der Waals surface area contributed by atoms with Crippen molar-refractivity contribution >= 4 is 17.6 Å². The molecule has 2 amide bonds. The average molecular weight is 411 g/mol. The number of Topliss-reactive ketones (excluding diaryl/α,β-unsaturated/α-hetero) is 1. The van der Waals surface area contributed by atoms with Gasteiger partial charge in [-0.3, -0.25) is 25.2 Å². The first-order valence-electron chi connectivity index (χ1n) is 8.10. The highest BCUT2D eigenvalue weighted by molar-refractivity contribution is 6.34. The minimum absolute atomic E-state index is 0.0111. The molecule has 1 heterocycles. The smallest absolute Gasteiger partial charge is 0.416 e. The van der Waals surface area contributed by atoms with Gasteiger partial charge in [0.05, 0.1) is 5.56 Å². The van der Waals surface area contributed by atoms with Crippen LogP contribution in [-0.2, 0) is 15.8 Å². The van der Waals surface area contributed by atoms with Gasteiger partial charge in [-0.1, -0.05) is 12.1 Å². The zero-order valence-electron chi connectivity index (χ0n) is 14.7. The number of amides is 2. The lowest BCUT2D eigenvalue weighted by Gasteiger charge is -2.10. The zero-order valence-corrected chi connectivity index (χ0v) is 14.7. The Hall–Kier alpha value is -3.51. The molecule has 0 spiro atoms. The fraction of sp³-hybridized carbons (Fsp3) is 0.176. The second kappa shape index (κ2) is 9.61. The van der Waals surface area contributed by atoms with Crippen molar-refractivity contribution in [2.75, 3.05) is 6.54 Å². The molecule has 154 valence electrons. The molecule has 9 nitrogen and oxygen atoms in total. The summed E-state index contributed by atoms with van der Waals surface area (Å²) in [5.41, 5.74) is 5.18. The first-order valence-corrected chi connectivity index (χ1v) is 8.10. The van der Waals surface area contributed by atoms with Crippen LogP contribution in [0.4, 0.5) is 13.2 Å². The second-order valence-electron chi connectivity index (χ2n) is 5.52. The Morgan fingerprint density at radius 1 is 1.07 bits per heavy atom. The van der Waals surface area contributed by atoms with E-state index in [9.17, 15) is 27.6 Å². The van der Waals surface area contributed by atoms with Crippen LogP contribution in [0.3, 0.4) is 0 Å². The number of ether oxygens (including phenoxy) is 1. The van der Waals surface area contributed by atoms with Gasteiger partial charge in [-0.15, -0.1) is 0 Å². The highest BCUT2D eigenvalue weighted by atomic mass is 19.4. The lowest BCUT2D eigenvalue weighted by molar-refractivity contribution is -0.139. The van der Waals surface area contributed by atoms with Gasteiger partial charge in [0.15, 0.2) is 5.78 Å². The van der Waals surface area contributed by atoms with E-state index in [4.69, 9.17) is 10.6 Å². The van der Waals surface area contributed by atoms with Crippen molar-refractivity contribution < 1.29 is 32.3 Å². The molecule has 2 rings (SSSR count). The highest BCUT2D eigenvalue weighted by Gasteiger charge is 2.30. The molecule has 0 unspecified atom stereocenters. The standard InChI is InChI=1S/C17H16F3N5O4/c18-17(19,20)10-3-1-4-11(9-10)29-14-6-2-5-12(23-14)13(26)7-8-22-25-16(28)15(27)24-21/h1-6,9,22H,7-8,21H2,(H,24,27)(H,25,28). The number of nitrogens with one attached hydrogen (secondary N) is 3. The number of alkyl halides is 3. The fourth-order valence-electron chi connectivity index (χ4n) is 2.05. The van der Waals surface area contributed by atoms with E-state index in [1.54, 1.807) is 5.43 Å². The van der Waals surface area contributed by atoms with Gasteiger partial charge in [0, 0.05) is 19.0 Å². The van der Waals surface area contributed by atoms with E-state index in [0.29, 0.717) is 0 Å². The topological polar surface area (TPSA) is 135 Å². The molecule has 0 aliphatic rings. The summed E-state index contributed by atoms with van der Waals surface area (Å²) in [5.74, 6) is 2.12. The van der Waals surface area contributed by atoms with Gasteiger partial charge in [-0.25, -0.2) is 16.3 Å². The number of rotatable bonds is 7. The third-order valence-electron chi connectivity index (χ3n) is 3.41. The SMILES string of the molecule is NNC(=O)C(=O)NNCCC(=O)c1cccc(Oc2cccc(C(F)(F)F)c2)n1. The van der Waals surface area contributed by atoms with Crippen LogP contribution >= 0.6 is 0 Å². The third kappa shape index (κ3) is 6.55. The van der Waals surface area contributed by atoms with Crippen molar-refractivity contribution in [3.05, 3.63) is 53.7 Å². The van der Waals surface area contributed by atoms with Crippen molar-refractivity contribution in [3.8, 4) is 11.6 Å². The minimum Gasteiger partial charge on any atom is -0.439 e. The summed E-state index contributed by atoms with van der Waals surface area (Å²) in [5, 5.41) is 0. The van der Waals surface area contributed by atoms with Crippen LogP contribution in [0.2, 0.25) is 0 Å². The van der Waals surface area contributed by atoms with Gasteiger partial charge in [0.2, 0.25) is 5.88 Å². The van der Waals surface area contributed by atoms with Crippen molar-refractivity contribution in [2.24, 2.45) is 5.84 Å². The van der Waals surface area contributed by atoms with Gasteiger partial charge in [-0.05, 0) is 24.3 Å². The zero-order chi connectivity index (χ0) is 21.4. The van der Waals surface area contributed by atoms with Crippen LogP contribution in [0.25, 0.3) is 0 Å². The molecule has 0 saturated carbocycles. The predicted molar refractivity (Wildman–Crippen MR) is 93.2 cm³/mol. The Morgan fingerprint density at radius 3 is 2.48 bits per heavy atom. The molecule has 0 aliphatic heterocycles. The van der Waals surface area contributed by atoms with Gasteiger partial charge < -0.3 is 4.74 Å². The number of hydrazine groups is 2. The lowest BCUT2D eigenvalue weighted by atomic mass is 10.2. The highest BCUT2D eigenvalue weighted by Crippen LogP contribution is 2.32. The first-order chi connectivity index (χ1) is 13.7. The quantitative estimate of drug-likeness (QED) is 0.134.